The quantitative estimate of drug-likeness (QED) is 0.898. The average molecular weight is 285 g/mol. The van der Waals surface area contributed by atoms with Crippen molar-refractivity contribution in [3.63, 3.8) is 0 Å². The zero-order valence-corrected chi connectivity index (χ0v) is 11.7. The smallest absolute Gasteiger partial charge is 0.255 e. The molecule has 0 fully saturated rings. The normalized spacial score (nSPS) is 10.0. The molecule has 0 aliphatic rings. The highest BCUT2D eigenvalue weighted by Crippen LogP contribution is 2.11. The van der Waals surface area contributed by atoms with Gasteiger partial charge in [-0.1, -0.05) is 0 Å². The Hall–Kier alpha value is -2.89. The lowest BCUT2D eigenvalue weighted by Gasteiger charge is -2.07. The van der Waals surface area contributed by atoms with Gasteiger partial charge in [-0.3, -0.25) is 14.4 Å². The summed E-state index contributed by atoms with van der Waals surface area (Å²) in [4.78, 5) is 34.2. The van der Waals surface area contributed by atoms with E-state index in [1.807, 2.05) is 0 Å². The van der Waals surface area contributed by atoms with Gasteiger partial charge in [0.1, 0.15) is 0 Å². The van der Waals surface area contributed by atoms with Crippen LogP contribution in [0.2, 0.25) is 0 Å². The predicted octanol–water partition coefficient (Wildman–Crippen LogP) is 1.60. The summed E-state index contributed by atoms with van der Waals surface area (Å²) in [6, 6.07) is 9.46. The van der Waals surface area contributed by atoms with Gasteiger partial charge in [0.25, 0.3) is 5.91 Å². The molecule has 0 aliphatic carbocycles. The number of hydrogen-bond donors (Lipinski definition) is 2. The molecule has 1 aromatic carbocycles. The number of rotatable bonds is 3. The number of nitrogens with zero attached hydrogens (tertiary/aromatic N) is 1. The summed E-state index contributed by atoms with van der Waals surface area (Å²) >= 11 is 0. The molecule has 0 spiro atoms. The summed E-state index contributed by atoms with van der Waals surface area (Å²) in [6.45, 7) is 1.42. The third-order valence-electron chi connectivity index (χ3n) is 2.81. The zero-order valence-electron chi connectivity index (χ0n) is 11.7. The highest BCUT2D eigenvalue weighted by molar-refractivity contribution is 6.04. The van der Waals surface area contributed by atoms with Crippen LogP contribution in [-0.4, -0.2) is 16.4 Å². The van der Waals surface area contributed by atoms with E-state index in [0.717, 1.165) is 0 Å². The van der Waals surface area contributed by atoms with E-state index < -0.39 is 0 Å². The molecule has 2 N–H and O–H groups in total. The van der Waals surface area contributed by atoms with Crippen molar-refractivity contribution in [3.8, 4) is 0 Å². The van der Waals surface area contributed by atoms with E-state index in [1.165, 1.54) is 17.6 Å². The number of aromatic nitrogens is 1. The molecule has 6 heteroatoms. The Balaban J connectivity index is 2.11. The van der Waals surface area contributed by atoms with Crippen LogP contribution >= 0.6 is 0 Å². The van der Waals surface area contributed by atoms with Gasteiger partial charge in [-0.25, -0.2) is 0 Å². The maximum Gasteiger partial charge on any atom is 0.255 e. The van der Waals surface area contributed by atoms with Crippen LogP contribution in [0.15, 0.2) is 47.4 Å². The highest BCUT2D eigenvalue weighted by atomic mass is 16.2. The number of anilines is 2. The molecule has 2 rings (SSSR count). The Kier molecular flexibility index (Phi) is 4.18. The van der Waals surface area contributed by atoms with Crippen LogP contribution in [0.4, 0.5) is 11.4 Å². The predicted molar refractivity (Wildman–Crippen MR) is 80.4 cm³/mol. The second-order valence-electron chi connectivity index (χ2n) is 4.58. The number of carbonyl (C=O) groups is 2. The van der Waals surface area contributed by atoms with E-state index in [1.54, 1.807) is 43.6 Å². The van der Waals surface area contributed by atoms with Crippen LogP contribution in [0.3, 0.4) is 0 Å². The summed E-state index contributed by atoms with van der Waals surface area (Å²) in [6.07, 6.45) is 1.55. The summed E-state index contributed by atoms with van der Waals surface area (Å²) in [5, 5.41) is 5.33. The lowest BCUT2D eigenvalue weighted by Crippen LogP contribution is -2.18. The Bertz CT molecular complexity index is 733. The fraction of sp³-hybridized carbons (Fsp3) is 0.133. The molecule has 2 amide bonds. The maximum atomic E-state index is 12.1. The first-order valence-corrected chi connectivity index (χ1v) is 6.31. The largest absolute Gasteiger partial charge is 0.326 e. The van der Waals surface area contributed by atoms with Gasteiger partial charge < -0.3 is 15.2 Å². The van der Waals surface area contributed by atoms with Gasteiger partial charge in [0, 0.05) is 37.5 Å². The average Bonchev–Trinajstić information content (AvgIpc) is 2.43. The van der Waals surface area contributed by atoms with E-state index in [4.69, 9.17) is 0 Å². The number of hydrogen-bond acceptors (Lipinski definition) is 3. The minimum Gasteiger partial charge on any atom is -0.326 e. The van der Waals surface area contributed by atoms with Gasteiger partial charge in [-0.2, -0.15) is 0 Å². The second-order valence-corrected chi connectivity index (χ2v) is 4.58. The molecule has 0 bridgehead atoms. The van der Waals surface area contributed by atoms with Gasteiger partial charge in [0.05, 0.1) is 5.69 Å². The van der Waals surface area contributed by atoms with Gasteiger partial charge in [0.2, 0.25) is 11.5 Å². The SMILES string of the molecule is CC(=O)Nc1ccc(C(=O)Nc2ccc(=O)n(C)c2)cc1. The van der Waals surface area contributed by atoms with E-state index in [0.29, 0.717) is 16.9 Å². The van der Waals surface area contributed by atoms with Crippen LogP contribution in [0, 0.1) is 0 Å². The monoisotopic (exact) mass is 285 g/mol. The van der Waals surface area contributed by atoms with Crippen LogP contribution in [0.25, 0.3) is 0 Å². The Labute approximate surface area is 121 Å². The van der Waals surface area contributed by atoms with E-state index >= 15 is 0 Å². The molecule has 21 heavy (non-hydrogen) atoms. The van der Waals surface area contributed by atoms with Crippen LogP contribution in [0.5, 0.6) is 0 Å². The number of benzene rings is 1. The number of nitrogens with one attached hydrogen (secondary N) is 2. The minimum atomic E-state index is -0.289. The first-order valence-electron chi connectivity index (χ1n) is 6.31. The van der Waals surface area contributed by atoms with Gasteiger partial charge in [0.15, 0.2) is 0 Å². The van der Waals surface area contributed by atoms with Crippen molar-refractivity contribution in [2.45, 2.75) is 6.92 Å². The standard InChI is InChI=1S/C15H15N3O3/c1-10(19)16-12-5-3-11(4-6-12)15(21)17-13-7-8-14(20)18(2)9-13/h3-9H,1-2H3,(H,16,19)(H,17,21). The summed E-state index contributed by atoms with van der Waals surface area (Å²) in [7, 11) is 1.61. The number of carbonyl (C=O) groups excluding carboxylic acids is 2. The third-order valence-corrected chi connectivity index (χ3v) is 2.81. The molecule has 0 atom stereocenters. The second kappa shape index (κ2) is 6.04. The van der Waals surface area contributed by atoms with Crippen molar-refractivity contribution in [2.24, 2.45) is 7.05 Å². The van der Waals surface area contributed by atoms with Crippen molar-refractivity contribution in [2.75, 3.05) is 10.6 Å². The molecule has 0 saturated carbocycles. The first-order chi connectivity index (χ1) is 9.95. The van der Waals surface area contributed by atoms with Crippen LogP contribution < -0.4 is 16.2 Å². The first kappa shape index (κ1) is 14.5. The van der Waals surface area contributed by atoms with E-state index in [9.17, 15) is 14.4 Å². The van der Waals surface area contributed by atoms with Gasteiger partial charge >= 0.3 is 0 Å². The molecule has 6 nitrogen and oxygen atoms in total. The summed E-state index contributed by atoms with van der Waals surface area (Å²) < 4.78 is 1.38. The molecule has 0 unspecified atom stereocenters. The highest BCUT2D eigenvalue weighted by Gasteiger charge is 2.07. The van der Waals surface area contributed by atoms with Crippen molar-refractivity contribution in [1.29, 1.82) is 0 Å². The fourth-order valence-corrected chi connectivity index (χ4v) is 1.78. The molecule has 1 heterocycles. The van der Waals surface area contributed by atoms with E-state index in [2.05, 4.69) is 10.6 Å². The molecule has 0 aliphatic heterocycles. The minimum absolute atomic E-state index is 0.146. The van der Waals surface area contributed by atoms with Crippen LogP contribution in [-0.2, 0) is 11.8 Å². The maximum absolute atomic E-state index is 12.1. The molecule has 0 radical (unpaired) electrons. The third kappa shape index (κ3) is 3.79. The topological polar surface area (TPSA) is 80.2 Å². The lowest BCUT2D eigenvalue weighted by molar-refractivity contribution is -0.114. The number of aryl methyl sites for hydroxylation is 1. The zero-order chi connectivity index (χ0) is 15.4. The van der Waals surface area contributed by atoms with Crippen molar-refractivity contribution in [1.82, 2.24) is 4.57 Å². The molecule has 2 aromatic rings. The van der Waals surface area contributed by atoms with Gasteiger partial charge in [-0.05, 0) is 30.3 Å². The molecular weight excluding hydrogens is 270 g/mol. The van der Waals surface area contributed by atoms with Crippen molar-refractivity contribution < 1.29 is 9.59 Å². The van der Waals surface area contributed by atoms with Crippen LogP contribution in [0.1, 0.15) is 17.3 Å². The summed E-state index contributed by atoms with van der Waals surface area (Å²) in [5.41, 5.74) is 1.47. The molecule has 108 valence electrons. The van der Waals surface area contributed by atoms with E-state index in [-0.39, 0.29) is 17.4 Å². The number of amides is 2. The lowest BCUT2D eigenvalue weighted by atomic mass is 10.2. The summed E-state index contributed by atoms with van der Waals surface area (Å²) in [5.74, 6) is -0.458. The Morgan fingerprint density at radius 3 is 2.14 bits per heavy atom. The van der Waals surface area contributed by atoms with Crippen molar-refractivity contribution in [3.05, 3.63) is 58.5 Å². The molecule has 0 saturated heterocycles. The van der Waals surface area contributed by atoms with Gasteiger partial charge in [-0.15, -0.1) is 0 Å². The fourth-order valence-electron chi connectivity index (χ4n) is 1.78. The Morgan fingerprint density at radius 2 is 1.57 bits per heavy atom. The molecule has 1 aromatic heterocycles. The van der Waals surface area contributed by atoms with Crippen molar-refractivity contribution >= 4 is 23.2 Å². The Morgan fingerprint density at radius 1 is 0.952 bits per heavy atom. The molecular formula is C15H15N3O3. The number of pyridine rings is 1.